The molecule has 3 heterocycles. The number of hydrogen-bond acceptors (Lipinski definition) is 5. The highest BCUT2D eigenvalue weighted by Gasteiger charge is 2.54. The summed E-state index contributed by atoms with van der Waals surface area (Å²) >= 11 is 0. The summed E-state index contributed by atoms with van der Waals surface area (Å²) < 4.78 is 7.91. The van der Waals surface area contributed by atoms with E-state index in [1.54, 1.807) is 0 Å². The zero-order chi connectivity index (χ0) is 17.5. The molecule has 2 aliphatic heterocycles. The third-order valence-corrected chi connectivity index (χ3v) is 7.05. The summed E-state index contributed by atoms with van der Waals surface area (Å²) in [5, 5.41) is 9.33. The van der Waals surface area contributed by atoms with E-state index in [1.165, 1.54) is 37.9 Å². The van der Waals surface area contributed by atoms with Gasteiger partial charge in [-0.15, -0.1) is 16.8 Å². The minimum Gasteiger partial charge on any atom is -0.380 e. The third kappa shape index (κ3) is 2.87. The Bertz CT molecular complexity index is 633. The summed E-state index contributed by atoms with van der Waals surface area (Å²) in [4.78, 5) is 5.02. The number of rotatable bonds is 5. The van der Waals surface area contributed by atoms with Gasteiger partial charge < -0.3 is 9.64 Å². The number of piperazine rings is 1. The number of nitrogens with zero attached hydrogens (tertiary/aromatic N) is 5. The maximum atomic E-state index is 5.56. The highest BCUT2D eigenvalue weighted by molar-refractivity contribution is 5.35. The molecule has 3 atom stereocenters. The van der Waals surface area contributed by atoms with Crippen LogP contribution in [0.5, 0.6) is 0 Å². The molecule has 4 fully saturated rings. The van der Waals surface area contributed by atoms with Gasteiger partial charge in [0.1, 0.15) is 5.82 Å². The summed E-state index contributed by atoms with van der Waals surface area (Å²) in [6.07, 6.45) is 8.73. The van der Waals surface area contributed by atoms with E-state index >= 15 is 0 Å². The Morgan fingerprint density at radius 1 is 1.04 bits per heavy atom. The fraction of sp³-hybridized carbons (Fsp3) is 0.800. The predicted octanol–water partition coefficient (Wildman–Crippen LogP) is 2.28. The van der Waals surface area contributed by atoms with Crippen LogP contribution in [0.4, 0.5) is 5.95 Å². The fourth-order valence-electron chi connectivity index (χ4n) is 5.56. The van der Waals surface area contributed by atoms with E-state index in [0.29, 0.717) is 12.0 Å². The molecule has 26 heavy (non-hydrogen) atoms. The topological polar surface area (TPSA) is 46.4 Å². The number of allylic oxidation sites excluding steroid dienone is 1. The van der Waals surface area contributed by atoms with E-state index in [4.69, 9.17) is 4.74 Å². The Labute approximate surface area is 156 Å². The molecule has 0 bridgehead atoms. The van der Waals surface area contributed by atoms with Crippen molar-refractivity contribution in [1.82, 2.24) is 19.7 Å². The SMILES string of the molecule is C=CCn1c(C2C3CCCCC32)nnc1N1CCN(C2CCOC2)CC1. The van der Waals surface area contributed by atoms with Crippen LogP contribution in [0.25, 0.3) is 0 Å². The molecule has 4 aliphatic rings. The van der Waals surface area contributed by atoms with Crippen LogP contribution < -0.4 is 4.90 Å². The number of ether oxygens (including phenoxy) is 1. The number of aromatic nitrogens is 3. The first-order chi connectivity index (χ1) is 12.9. The molecule has 0 aromatic carbocycles. The van der Waals surface area contributed by atoms with Crippen molar-refractivity contribution in [3.8, 4) is 0 Å². The first kappa shape index (κ1) is 16.8. The van der Waals surface area contributed by atoms with Crippen LogP contribution >= 0.6 is 0 Å². The van der Waals surface area contributed by atoms with E-state index in [9.17, 15) is 0 Å². The Kier molecular flexibility index (Phi) is 4.49. The second-order valence-corrected chi connectivity index (χ2v) is 8.44. The fourth-order valence-corrected chi connectivity index (χ4v) is 5.56. The highest BCUT2D eigenvalue weighted by atomic mass is 16.5. The average Bonchev–Trinajstić information content (AvgIpc) is 3.02. The molecule has 6 nitrogen and oxygen atoms in total. The van der Waals surface area contributed by atoms with Crippen LogP contribution in [0.2, 0.25) is 0 Å². The van der Waals surface area contributed by atoms with Crippen LogP contribution in [-0.2, 0) is 11.3 Å². The Morgan fingerprint density at radius 3 is 2.46 bits per heavy atom. The van der Waals surface area contributed by atoms with Gasteiger partial charge >= 0.3 is 0 Å². The normalized spacial score (nSPS) is 34.7. The van der Waals surface area contributed by atoms with Crippen molar-refractivity contribution in [2.45, 2.75) is 50.6 Å². The van der Waals surface area contributed by atoms with Gasteiger partial charge in [-0.05, 0) is 31.1 Å². The van der Waals surface area contributed by atoms with Crippen molar-refractivity contribution < 1.29 is 4.74 Å². The average molecular weight is 358 g/mol. The first-order valence-corrected chi connectivity index (χ1v) is 10.5. The predicted molar refractivity (Wildman–Crippen MR) is 101 cm³/mol. The lowest BCUT2D eigenvalue weighted by molar-refractivity contribution is 0.138. The molecule has 2 aliphatic carbocycles. The molecular weight excluding hydrogens is 326 g/mol. The monoisotopic (exact) mass is 357 g/mol. The maximum absolute atomic E-state index is 5.56. The zero-order valence-corrected chi connectivity index (χ0v) is 15.7. The number of anilines is 1. The van der Waals surface area contributed by atoms with E-state index < -0.39 is 0 Å². The molecule has 0 N–H and O–H groups in total. The van der Waals surface area contributed by atoms with Crippen LogP contribution in [0.3, 0.4) is 0 Å². The van der Waals surface area contributed by atoms with Crippen molar-refractivity contribution in [3.63, 3.8) is 0 Å². The molecular formula is C20H31N5O. The minimum absolute atomic E-state index is 0.619. The summed E-state index contributed by atoms with van der Waals surface area (Å²) in [7, 11) is 0. The van der Waals surface area contributed by atoms with E-state index in [-0.39, 0.29) is 0 Å². The van der Waals surface area contributed by atoms with Gasteiger partial charge in [-0.25, -0.2) is 0 Å². The van der Waals surface area contributed by atoms with Gasteiger partial charge in [-0.3, -0.25) is 9.47 Å². The smallest absolute Gasteiger partial charge is 0.227 e. The Morgan fingerprint density at radius 2 is 1.81 bits per heavy atom. The van der Waals surface area contributed by atoms with Crippen molar-refractivity contribution >= 4 is 5.95 Å². The maximum Gasteiger partial charge on any atom is 0.227 e. The molecule has 0 radical (unpaired) electrons. The molecule has 1 aromatic rings. The molecule has 6 heteroatoms. The Hall–Kier alpha value is -1.40. The molecule has 2 saturated carbocycles. The van der Waals surface area contributed by atoms with Crippen molar-refractivity contribution in [3.05, 3.63) is 18.5 Å². The van der Waals surface area contributed by atoms with E-state index in [0.717, 1.165) is 63.7 Å². The van der Waals surface area contributed by atoms with Gasteiger partial charge in [-0.2, -0.15) is 0 Å². The lowest BCUT2D eigenvalue weighted by Gasteiger charge is -2.37. The molecule has 0 amide bonds. The van der Waals surface area contributed by atoms with Crippen LogP contribution in [0.15, 0.2) is 12.7 Å². The van der Waals surface area contributed by atoms with E-state index in [2.05, 4.69) is 31.1 Å². The number of fused-ring (bicyclic) bond motifs is 1. The summed E-state index contributed by atoms with van der Waals surface area (Å²) in [5.74, 6) is 4.66. The summed E-state index contributed by atoms with van der Waals surface area (Å²) in [6, 6.07) is 0.619. The molecule has 3 unspecified atom stereocenters. The first-order valence-electron chi connectivity index (χ1n) is 10.5. The number of hydrogen-bond donors (Lipinski definition) is 0. The zero-order valence-electron chi connectivity index (χ0n) is 15.7. The molecule has 2 saturated heterocycles. The van der Waals surface area contributed by atoms with Crippen molar-refractivity contribution in [2.24, 2.45) is 11.8 Å². The molecule has 142 valence electrons. The quantitative estimate of drug-likeness (QED) is 0.757. The second-order valence-electron chi connectivity index (χ2n) is 8.44. The molecule has 0 spiro atoms. The van der Waals surface area contributed by atoms with Gasteiger partial charge in [0.2, 0.25) is 5.95 Å². The van der Waals surface area contributed by atoms with Crippen LogP contribution in [-0.4, -0.2) is 65.1 Å². The lowest BCUT2D eigenvalue weighted by Crippen LogP contribution is -2.51. The molecule has 5 rings (SSSR count). The van der Waals surface area contributed by atoms with Gasteiger partial charge in [-0.1, -0.05) is 18.9 Å². The third-order valence-electron chi connectivity index (χ3n) is 7.05. The largest absolute Gasteiger partial charge is 0.380 e. The van der Waals surface area contributed by atoms with Crippen LogP contribution in [0.1, 0.15) is 43.8 Å². The van der Waals surface area contributed by atoms with Gasteiger partial charge in [0.25, 0.3) is 0 Å². The van der Waals surface area contributed by atoms with Crippen LogP contribution in [0, 0.1) is 11.8 Å². The van der Waals surface area contributed by atoms with E-state index in [1.807, 2.05) is 6.08 Å². The minimum atomic E-state index is 0.619. The molecule has 1 aromatic heterocycles. The van der Waals surface area contributed by atoms with Gasteiger partial charge in [0.05, 0.1) is 6.61 Å². The van der Waals surface area contributed by atoms with Gasteiger partial charge in [0.15, 0.2) is 0 Å². The Balaban J connectivity index is 1.31. The summed E-state index contributed by atoms with van der Waals surface area (Å²) in [5.41, 5.74) is 0. The summed E-state index contributed by atoms with van der Waals surface area (Å²) in [6.45, 7) is 10.9. The highest BCUT2D eigenvalue weighted by Crippen LogP contribution is 2.60. The van der Waals surface area contributed by atoms with Gasteiger partial charge in [0, 0.05) is 51.3 Å². The second kappa shape index (κ2) is 6.97. The standard InChI is InChI=1S/C20H31N5O/c1-2-8-25-19(18-16-5-3-4-6-17(16)18)21-22-20(25)24-11-9-23(10-12-24)15-7-13-26-14-15/h2,15-18H,1,3-14H2. The van der Waals surface area contributed by atoms with Crippen molar-refractivity contribution in [1.29, 1.82) is 0 Å². The lowest BCUT2D eigenvalue weighted by atomic mass is 10.0. The van der Waals surface area contributed by atoms with Crippen molar-refractivity contribution in [2.75, 3.05) is 44.3 Å².